The molecule has 1 N–H and O–H groups in total. The standard InChI is InChI=1S/C13H14N4O3/c1-10-6-8-16(15-10)9-7-13(18)14-11-4-2-3-5-12(11)17(19)20/h2-6,8H,7,9H2,1H3,(H,14,18). The number of nitro benzene ring substituents is 1. The number of benzene rings is 1. The summed E-state index contributed by atoms with van der Waals surface area (Å²) in [5.74, 6) is -0.285. The van der Waals surface area contributed by atoms with Crippen LogP contribution in [-0.4, -0.2) is 20.6 Å². The topological polar surface area (TPSA) is 90.1 Å². The summed E-state index contributed by atoms with van der Waals surface area (Å²) in [7, 11) is 0. The van der Waals surface area contributed by atoms with Crippen molar-refractivity contribution in [3.63, 3.8) is 0 Å². The maximum absolute atomic E-state index is 11.8. The van der Waals surface area contributed by atoms with Crippen molar-refractivity contribution in [2.75, 3.05) is 5.32 Å². The Morgan fingerprint density at radius 2 is 2.15 bits per heavy atom. The normalized spacial score (nSPS) is 10.2. The predicted molar refractivity (Wildman–Crippen MR) is 73.3 cm³/mol. The molecule has 1 amide bonds. The highest BCUT2D eigenvalue weighted by atomic mass is 16.6. The zero-order valence-electron chi connectivity index (χ0n) is 10.9. The molecule has 2 aromatic rings. The number of nitrogens with zero attached hydrogens (tertiary/aromatic N) is 3. The summed E-state index contributed by atoms with van der Waals surface area (Å²) in [6.07, 6.45) is 1.99. The van der Waals surface area contributed by atoms with Gasteiger partial charge in [-0.25, -0.2) is 0 Å². The quantitative estimate of drug-likeness (QED) is 0.668. The molecule has 0 fully saturated rings. The van der Waals surface area contributed by atoms with Gasteiger partial charge in [0.2, 0.25) is 5.91 Å². The number of hydrogen-bond acceptors (Lipinski definition) is 4. The van der Waals surface area contributed by atoms with Gasteiger partial charge < -0.3 is 5.32 Å². The van der Waals surface area contributed by atoms with Gasteiger partial charge in [-0.05, 0) is 19.1 Å². The Labute approximate surface area is 115 Å². The van der Waals surface area contributed by atoms with Gasteiger partial charge in [0.15, 0.2) is 0 Å². The summed E-state index contributed by atoms with van der Waals surface area (Å²) >= 11 is 0. The average Bonchev–Trinajstić information content (AvgIpc) is 2.83. The van der Waals surface area contributed by atoms with E-state index in [2.05, 4.69) is 10.4 Å². The van der Waals surface area contributed by atoms with Crippen molar-refractivity contribution in [2.45, 2.75) is 19.9 Å². The highest BCUT2D eigenvalue weighted by Gasteiger charge is 2.14. The SMILES string of the molecule is Cc1ccn(CCC(=O)Nc2ccccc2[N+](=O)[O-])n1. The molecule has 0 aliphatic rings. The van der Waals surface area contributed by atoms with E-state index in [-0.39, 0.29) is 23.7 Å². The van der Waals surface area contributed by atoms with Crippen LogP contribution >= 0.6 is 0 Å². The van der Waals surface area contributed by atoms with Crippen LogP contribution < -0.4 is 5.32 Å². The van der Waals surface area contributed by atoms with Gasteiger partial charge >= 0.3 is 0 Å². The van der Waals surface area contributed by atoms with Crippen molar-refractivity contribution in [1.82, 2.24) is 9.78 Å². The van der Waals surface area contributed by atoms with Crippen LogP contribution in [0.3, 0.4) is 0 Å². The first-order chi connectivity index (χ1) is 9.56. The Hall–Kier alpha value is -2.70. The Morgan fingerprint density at radius 1 is 1.40 bits per heavy atom. The van der Waals surface area contributed by atoms with Crippen LogP contribution in [0.2, 0.25) is 0 Å². The third-order valence-corrected chi connectivity index (χ3v) is 2.72. The molecule has 0 bridgehead atoms. The highest BCUT2D eigenvalue weighted by molar-refractivity contribution is 5.92. The van der Waals surface area contributed by atoms with Crippen LogP contribution in [0, 0.1) is 17.0 Å². The van der Waals surface area contributed by atoms with Crippen molar-refractivity contribution in [2.24, 2.45) is 0 Å². The Kier molecular flexibility index (Phi) is 4.09. The molecule has 0 saturated carbocycles. The Morgan fingerprint density at radius 3 is 2.80 bits per heavy atom. The maximum atomic E-state index is 11.8. The van der Waals surface area contributed by atoms with Crippen LogP contribution in [-0.2, 0) is 11.3 Å². The Balaban J connectivity index is 1.96. The lowest BCUT2D eigenvalue weighted by Gasteiger charge is -2.06. The smallest absolute Gasteiger partial charge is 0.292 e. The van der Waals surface area contributed by atoms with E-state index in [0.29, 0.717) is 6.54 Å². The fourth-order valence-corrected chi connectivity index (χ4v) is 1.76. The zero-order chi connectivity index (χ0) is 14.5. The molecule has 7 nitrogen and oxygen atoms in total. The van der Waals surface area contributed by atoms with Crippen molar-refractivity contribution in [1.29, 1.82) is 0 Å². The lowest BCUT2D eigenvalue weighted by molar-refractivity contribution is -0.383. The number of rotatable bonds is 5. The number of para-hydroxylation sites is 2. The molecule has 1 aromatic carbocycles. The van der Waals surface area contributed by atoms with Gasteiger partial charge in [-0.15, -0.1) is 0 Å². The number of hydrogen-bond donors (Lipinski definition) is 1. The zero-order valence-corrected chi connectivity index (χ0v) is 10.9. The van der Waals surface area contributed by atoms with Gasteiger partial charge in [0.1, 0.15) is 5.69 Å². The van der Waals surface area contributed by atoms with E-state index in [1.807, 2.05) is 13.0 Å². The lowest BCUT2D eigenvalue weighted by atomic mass is 10.2. The third kappa shape index (κ3) is 3.41. The first kappa shape index (κ1) is 13.7. The molecule has 0 unspecified atom stereocenters. The van der Waals surface area contributed by atoms with E-state index in [4.69, 9.17) is 0 Å². The number of nitrogens with one attached hydrogen (secondary N) is 1. The monoisotopic (exact) mass is 274 g/mol. The van der Waals surface area contributed by atoms with Crippen molar-refractivity contribution in [3.05, 3.63) is 52.3 Å². The minimum atomic E-state index is -0.521. The molecule has 0 aliphatic carbocycles. The molecule has 1 heterocycles. The van der Waals surface area contributed by atoms with Crippen LogP contribution in [0.5, 0.6) is 0 Å². The van der Waals surface area contributed by atoms with Gasteiger partial charge in [-0.2, -0.15) is 5.10 Å². The first-order valence-corrected chi connectivity index (χ1v) is 6.09. The molecule has 0 spiro atoms. The van der Waals surface area contributed by atoms with E-state index >= 15 is 0 Å². The molecule has 1 aromatic heterocycles. The van der Waals surface area contributed by atoms with Crippen LogP contribution in [0.1, 0.15) is 12.1 Å². The number of carbonyl (C=O) groups is 1. The maximum Gasteiger partial charge on any atom is 0.292 e. The highest BCUT2D eigenvalue weighted by Crippen LogP contribution is 2.23. The van der Waals surface area contributed by atoms with E-state index in [0.717, 1.165) is 5.69 Å². The number of amides is 1. The number of nitro groups is 1. The number of anilines is 1. The van der Waals surface area contributed by atoms with Gasteiger partial charge in [0.25, 0.3) is 5.69 Å². The van der Waals surface area contributed by atoms with Gasteiger partial charge in [-0.1, -0.05) is 12.1 Å². The molecule has 20 heavy (non-hydrogen) atoms. The predicted octanol–water partition coefficient (Wildman–Crippen LogP) is 2.13. The summed E-state index contributed by atoms with van der Waals surface area (Å²) in [6, 6.07) is 7.90. The second kappa shape index (κ2) is 5.96. The minimum absolute atomic E-state index is 0.115. The van der Waals surface area contributed by atoms with Crippen LogP contribution in [0.15, 0.2) is 36.5 Å². The summed E-state index contributed by atoms with van der Waals surface area (Å²) in [4.78, 5) is 22.1. The molecule has 104 valence electrons. The van der Waals surface area contributed by atoms with E-state index in [1.54, 1.807) is 23.0 Å². The van der Waals surface area contributed by atoms with Crippen molar-refractivity contribution >= 4 is 17.3 Å². The molecule has 0 saturated heterocycles. The average molecular weight is 274 g/mol. The molecular formula is C13H14N4O3. The summed E-state index contributed by atoms with van der Waals surface area (Å²) in [6.45, 7) is 2.30. The molecule has 0 radical (unpaired) electrons. The summed E-state index contributed by atoms with van der Waals surface area (Å²) in [5.41, 5.74) is 0.971. The fraction of sp³-hybridized carbons (Fsp3) is 0.231. The molecule has 0 aliphatic heterocycles. The van der Waals surface area contributed by atoms with E-state index in [9.17, 15) is 14.9 Å². The van der Waals surface area contributed by atoms with Gasteiger partial charge in [-0.3, -0.25) is 19.6 Å². The number of aromatic nitrogens is 2. The van der Waals surface area contributed by atoms with Crippen molar-refractivity contribution < 1.29 is 9.72 Å². The largest absolute Gasteiger partial charge is 0.320 e. The van der Waals surface area contributed by atoms with E-state index < -0.39 is 4.92 Å². The van der Waals surface area contributed by atoms with E-state index in [1.165, 1.54) is 12.1 Å². The Bertz CT molecular complexity index is 636. The second-order valence-corrected chi connectivity index (χ2v) is 4.29. The minimum Gasteiger partial charge on any atom is -0.320 e. The van der Waals surface area contributed by atoms with Crippen molar-refractivity contribution in [3.8, 4) is 0 Å². The fourth-order valence-electron chi connectivity index (χ4n) is 1.76. The third-order valence-electron chi connectivity index (χ3n) is 2.72. The second-order valence-electron chi connectivity index (χ2n) is 4.29. The summed E-state index contributed by atoms with van der Waals surface area (Å²) in [5, 5.41) is 17.5. The molecule has 7 heteroatoms. The lowest BCUT2D eigenvalue weighted by Crippen LogP contribution is -2.15. The van der Waals surface area contributed by atoms with Crippen LogP contribution in [0.25, 0.3) is 0 Å². The summed E-state index contributed by atoms with van der Waals surface area (Å²) < 4.78 is 1.66. The molecule has 2 rings (SSSR count). The van der Waals surface area contributed by atoms with Gasteiger partial charge in [0, 0.05) is 25.2 Å². The molecule has 0 atom stereocenters. The number of carbonyl (C=O) groups excluding carboxylic acids is 1. The van der Waals surface area contributed by atoms with Crippen LogP contribution in [0.4, 0.5) is 11.4 Å². The first-order valence-electron chi connectivity index (χ1n) is 6.09. The van der Waals surface area contributed by atoms with Gasteiger partial charge in [0.05, 0.1) is 10.6 Å². The number of aryl methyl sites for hydroxylation is 2. The molecular weight excluding hydrogens is 260 g/mol.